The number of hydrogen-bond acceptors (Lipinski definition) is 2. The van der Waals surface area contributed by atoms with E-state index in [-0.39, 0.29) is 11.3 Å². The zero-order valence-electron chi connectivity index (χ0n) is 16.6. The monoisotopic (exact) mass is 344 g/mol. The van der Waals surface area contributed by atoms with Crippen LogP contribution in [0.25, 0.3) is 0 Å². The van der Waals surface area contributed by atoms with Gasteiger partial charge < -0.3 is 10.2 Å². The van der Waals surface area contributed by atoms with Crippen molar-refractivity contribution in [3.8, 4) is 0 Å². The van der Waals surface area contributed by atoms with Crippen molar-refractivity contribution in [2.75, 3.05) is 19.6 Å². The Morgan fingerprint density at radius 1 is 1.32 bits per heavy atom. The van der Waals surface area contributed by atoms with Crippen LogP contribution in [0.1, 0.15) is 70.9 Å². The minimum absolute atomic E-state index is 0.0290. The van der Waals surface area contributed by atoms with Crippen LogP contribution in [0.2, 0.25) is 0 Å². The molecule has 1 saturated heterocycles. The average molecular weight is 345 g/mol. The second kappa shape index (κ2) is 9.38. The molecular weight excluding hydrogens is 308 g/mol. The number of unbranched alkanes of at least 4 members (excludes halogenated alkanes) is 3. The first-order valence-corrected chi connectivity index (χ1v) is 10.0. The summed E-state index contributed by atoms with van der Waals surface area (Å²) in [5.74, 6) is 0.671. The summed E-state index contributed by atoms with van der Waals surface area (Å²) < 4.78 is 0. The molecule has 0 aromatic heterocycles. The van der Waals surface area contributed by atoms with E-state index in [4.69, 9.17) is 0 Å². The van der Waals surface area contributed by atoms with E-state index in [0.29, 0.717) is 12.5 Å². The van der Waals surface area contributed by atoms with Crippen molar-refractivity contribution in [2.45, 2.75) is 71.8 Å². The number of rotatable bonds is 8. The number of amides is 1. The third kappa shape index (κ3) is 5.57. The predicted molar refractivity (Wildman–Crippen MR) is 106 cm³/mol. The van der Waals surface area contributed by atoms with Gasteiger partial charge in [0.15, 0.2) is 0 Å². The fourth-order valence-electron chi connectivity index (χ4n) is 3.97. The summed E-state index contributed by atoms with van der Waals surface area (Å²) in [6.45, 7) is 12.9. The van der Waals surface area contributed by atoms with Crippen molar-refractivity contribution in [3.63, 3.8) is 0 Å². The van der Waals surface area contributed by atoms with Crippen LogP contribution >= 0.6 is 0 Å². The number of benzene rings is 1. The quantitative estimate of drug-likeness (QED) is 0.704. The molecule has 1 fully saturated rings. The van der Waals surface area contributed by atoms with Gasteiger partial charge in [-0.3, -0.25) is 4.79 Å². The molecule has 1 aromatic rings. The van der Waals surface area contributed by atoms with Crippen molar-refractivity contribution in [1.29, 1.82) is 0 Å². The maximum atomic E-state index is 11.2. The maximum absolute atomic E-state index is 11.2. The fourth-order valence-corrected chi connectivity index (χ4v) is 3.97. The summed E-state index contributed by atoms with van der Waals surface area (Å²) in [7, 11) is 0. The molecule has 1 aromatic carbocycles. The highest BCUT2D eigenvalue weighted by atomic mass is 16.1. The van der Waals surface area contributed by atoms with E-state index in [1.54, 1.807) is 6.92 Å². The summed E-state index contributed by atoms with van der Waals surface area (Å²) >= 11 is 0. The molecule has 2 rings (SSSR count). The fraction of sp³-hybridized carbons (Fsp3) is 0.682. The van der Waals surface area contributed by atoms with Crippen LogP contribution in [-0.4, -0.2) is 30.4 Å². The molecule has 0 saturated carbocycles. The molecule has 0 radical (unpaired) electrons. The third-order valence-electron chi connectivity index (χ3n) is 6.02. The first-order chi connectivity index (χ1) is 12.0. The van der Waals surface area contributed by atoms with Gasteiger partial charge in [-0.05, 0) is 48.4 Å². The van der Waals surface area contributed by atoms with Crippen LogP contribution in [0.15, 0.2) is 24.3 Å². The molecule has 3 heteroatoms. The zero-order chi connectivity index (χ0) is 18.3. The molecule has 1 N–H and O–H groups in total. The molecule has 1 amide bonds. The van der Waals surface area contributed by atoms with E-state index in [2.05, 4.69) is 55.3 Å². The standard InChI is InChI=1S/C22H36N2O/c1-5-6-7-8-13-24-14-12-22(4,18(2)17-24)21-11-9-10-20(15-21)16-23-19(3)25/h9-11,15,18H,5-8,12-14,16-17H2,1-4H3,(H,23,25). The molecule has 140 valence electrons. The van der Waals surface area contributed by atoms with Gasteiger partial charge >= 0.3 is 0 Å². The molecule has 0 aliphatic carbocycles. The highest BCUT2D eigenvalue weighted by Crippen LogP contribution is 2.39. The van der Waals surface area contributed by atoms with Crippen LogP contribution < -0.4 is 5.32 Å². The van der Waals surface area contributed by atoms with Gasteiger partial charge in [-0.25, -0.2) is 0 Å². The number of carbonyl (C=O) groups excluding carboxylic acids is 1. The Morgan fingerprint density at radius 2 is 2.12 bits per heavy atom. The van der Waals surface area contributed by atoms with Gasteiger partial charge in [-0.2, -0.15) is 0 Å². The topological polar surface area (TPSA) is 32.3 Å². The summed E-state index contributed by atoms with van der Waals surface area (Å²) in [5.41, 5.74) is 2.85. The van der Waals surface area contributed by atoms with Crippen molar-refractivity contribution >= 4 is 5.91 Å². The summed E-state index contributed by atoms with van der Waals surface area (Å²) in [6, 6.07) is 8.81. The lowest BCUT2D eigenvalue weighted by molar-refractivity contribution is -0.119. The molecule has 0 spiro atoms. The molecule has 3 nitrogen and oxygen atoms in total. The molecule has 2 unspecified atom stereocenters. The molecule has 1 aliphatic rings. The summed E-state index contributed by atoms with van der Waals surface area (Å²) in [6.07, 6.45) is 6.59. The Balaban J connectivity index is 1.97. The van der Waals surface area contributed by atoms with Crippen LogP contribution in [0, 0.1) is 5.92 Å². The number of nitrogens with one attached hydrogen (secondary N) is 1. The smallest absolute Gasteiger partial charge is 0.217 e. The highest BCUT2D eigenvalue weighted by molar-refractivity contribution is 5.72. The largest absolute Gasteiger partial charge is 0.352 e. The van der Waals surface area contributed by atoms with Crippen molar-refractivity contribution in [1.82, 2.24) is 10.2 Å². The molecule has 0 bridgehead atoms. The van der Waals surface area contributed by atoms with Gasteiger partial charge in [0.1, 0.15) is 0 Å². The van der Waals surface area contributed by atoms with Crippen LogP contribution in [0.5, 0.6) is 0 Å². The van der Waals surface area contributed by atoms with E-state index in [9.17, 15) is 4.79 Å². The first-order valence-electron chi connectivity index (χ1n) is 10.0. The van der Waals surface area contributed by atoms with E-state index in [1.165, 1.54) is 62.9 Å². The zero-order valence-corrected chi connectivity index (χ0v) is 16.6. The first kappa shape index (κ1) is 20.0. The van der Waals surface area contributed by atoms with E-state index < -0.39 is 0 Å². The SMILES string of the molecule is CCCCCCN1CCC(C)(c2cccc(CNC(C)=O)c2)C(C)C1. The Hall–Kier alpha value is -1.35. The number of piperidine rings is 1. The van der Waals surface area contributed by atoms with E-state index in [0.717, 1.165) is 0 Å². The second-order valence-electron chi connectivity index (χ2n) is 8.04. The lowest BCUT2D eigenvalue weighted by Crippen LogP contribution is -2.47. The minimum Gasteiger partial charge on any atom is -0.352 e. The summed E-state index contributed by atoms with van der Waals surface area (Å²) in [4.78, 5) is 13.8. The Labute approximate surface area is 154 Å². The van der Waals surface area contributed by atoms with Gasteiger partial charge in [0.2, 0.25) is 5.91 Å². The second-order valence-corrected chi connectivity index (χ2v) is 8.04. The lowest BCUT2D eigenvalue weighted by atomic mass is 9.68. The molecular formula is C22H36N2O. The molecule has 2 atom stereocenters. The molecule has 1 aliphatic heterocycles. The highest BCUT2D eigenvalue weighted by Gasteiger charge is 2.37. The van der Waals surface area contributed by atoms with Gasteiger partial charge in [0.25, 0.3) is 0 Å². The van der Waals surface area contributed by atoms with Gasteiger partial charge in [-0.1, -0.05) is 64.3 Å². The van der Waals surface area contributed by atoms with E-state index >= 15 is 0 Å². The Morgan fingerprint density at radius 3 is 2.80 bits per heavy atom. The van der Waals surface area contributed by atoms with Crippen LogP contribution in [0.4, 0.5) is 0 Å². The van der Waals surface area contributed by atoms with Gasteiger partial charge in [-0.15, -0.1) is 0 Å². The van der Waals surface area contributed by atoms with Crippen LogP contribution in [0.3, 0.4) is 0 Å². The minimum atomic E-state index is 0.0290. The van der Waals surface area contributed by atoms with Gasteiger partial charge in [0, 0.05) is 20.0 Å². The van der Waals surface area contributed by atoms with Crippen LogP contribution in [-0.2, 0) is 16.8 Å². The van der Waals surface area contributed by atoms with Crippen molar-refractivity contribution < 1.29 is 4.79 Å². The number of nitrogens with zero attached hydrogens (tertiary/aromatic N) is 1. The van der Waals surface area contributed by atoms with E-state index in [1.807, 2.05) is 0 Å². The van der Waals surface area contributed by atoms with Crippen molar-refractivity contribution in [2.24, 2.45) is 5.92 Å². The number of carbonyl (C=O) groups is 1. The molecule has 25 heavy (non-hydrogen) atoms. The third-order valence-corrected chi connectivity index (χ3v) is 6.02. The summed E-state index contributed by atoms with van der Waals surface area (Å²) in [5, 5.41) is 2.91. The number of hydrogen-bond donors (Lipinski definition) is 1. The van der Waals surface area contributed by atoms with Gasteiger partial charge in [0.05, 0.1) is 0 Å². The Bertz CT molecular complexity index is 557. The lowest BCUT2D eigenvalue weighted by Gasteiger charge is -2.45. The normalized spacial score (nSPS) is 24.2. The molecule has 1 heterocycles. The average Bonchev–Trinajstić information content (AvgIpc) is 2.60. The van der Waals surface area contributed by atoms with Crippen molar-refractivity contribution in [3.05, 3.63) is 35.4 Å². The predicted octanol–water partition coefficient (Wildman–Crippen LogP) is 4.50. The number of likely N-dealkylation sites (tertiary alicyclic amines) is 1. The maximum Gasteiger partial charge on any atom is 0.217 e. The Kier molecular flexibility index (Phi) is 7.49.